The molecule has 0 bridgehead atoms. The van der Waals surface area contributed by atoms with Crippen molar-refractivity contribution in [1.29, 1.82) is 0 Å². The Morgan fingerprint density at radius 3 is 2.33 bits per heavy atom. The molecule has 2 aromatic rings. The van der Waals surface area contributed by atoms with E-state index in [0.717, 1.165) is 17.3 Å². The molecule has 21 heavy (non-hydrogen) atoms. The lowest BCUT2D eigenvalue weighted by Crippen LogP contribution is -2.03. The topological polar surface area (TPSA) is 92.5 Å². The molecular weight excluding hydrogens is 272 g/mol. The highest BCUT2D eigenvalue weighted by atomic mass is 16.6. The van der Waals surface area contributed by atoms with Crippen LogP contribution < -0.4 is 5.32 Å². The van der Waals surface area contributed by atoms with Gasteiger partial charge < -0.3 is 10.4 Å². The first kappa shape index (κ1) is 14.5. The van der Waals surface area contributed by atoms with Gasteiger partial charge in [0, 0.05) is 17.4 Å². The standard InChI is InChI=1S/C15H14N2O4/c1-9-3-5-12(6-4-9)16-13-7-11(15(18)19)8-14(10(13)2)17(20)21/h3-8,16H,1-2H3,(H,18,19). The van der Waals surface area contributed by atoms with Gasteiger partial charge in [-0.25, -0.2) is 4.79 Å². The maximum Gasteiger partial charge on any atom is 0.336 e. The summed E-state index contributed by atoms with van der Waals surface area (Å²) < 4.78 is 0. The molecule has 6 heteroatoms. The number of nitrogens with zero attached hydrogens (tertiary/aromatic N) is 1. The van der Waals surface area contributed by atoms with Crippen molar-refractivity contribution in [1.82, 2.24) is 0 Å². The average Bonchev–Trinajstić information content (AvgIpc) is 2.42. The molecule has 0 heterocycles. The Labute approximate surface area is 121 Å². The van der Waals surface area contributed by atoms with E-state index in [2.05, 4.69) is 5.32 Å². The first-order valence-electron chi connectivity index (χ1n) is 6.24. The maximum atomic E-state index is 11.1. The fourth-order valence-corrected chi connectivity index (χ4v) is 1.93. The van der Waals surface area contributed by atoms with E-state index >= 15 is 0 Å². The van der Waals surface area contributed by atoms with Crippen molar-refractivity contribution in [3.8, 4) is 0 Å². The van der Waals surface area contributed by atoms with Crippen LogP contribution >= 0.6 is 0 Å². The normalized spacial score (nSPS) is 10.2. The summed E-state index contributed by atoms with van der Waals surface area (Å²) in [6.45, 7) is 3.53. The fraction of sp³-hybridized carbons (Fsp3) is 0.133. The number of carboxylic acids is 1. The van der Waals surface area contributed by atoms with Crippen molar-refractivity contribution < 1.29 is 14.8 Å². The van der Waals surface area contributed by atoms with Gasteiger partial charge in [-0.3, -0.25) is 10.1 Å². The van der Waals surface area contributed by atoms with E-state index < -0.39 is 10.9 Å². The Morgan fingerprint density at radius 1 is 1.19 bits per heavy atom. The Kier molecular flexibility index (Phi) is 3.89. The number of aromatic carboxylic acids is 1. The molecule has 108 valence electrons. The second-order valence-electron chi connectivity index (χ2n) is 4.72. The predicted octanol–water partition coefficient (Wildman–Crippen LogP) is 3.65. The van der Waals surface area contributed by atoms with Crippen LogP contribution in [0.15, 0.2) is 36.4 Å². The van der Waals surface area contributed by atoms with Gasteiger partial charge in [-0.15, -0.1) is 0 Å². The van der Waals surface area contributed by atoms with E-state index in [4.69, 9.17) is 5.11 Å². The molecule has 0 aliphatic carbocycles. The van der Waals surface area contributed by atoms with Gasteiger partial charge in [0.15, 0.2) is 0 Å². The largest absolute Gasteiger partial charge is 0.478 e. The van der Waals surface area contributed by atoms with Crippen LogP contribution in [0.5, 0.6) is 0 Å². The minimum Gasteiger partial charge on any atom is -0.478 e. The molecule has 0 spiro atoms. The van der Waals surface area contributed by atoms with E-state index in [1.54, 1.807) is 6.92 Å². The number of nitro benzene ring substituents is 1. The highest BCUT2D eigenvalue weighted by Crippen LogP contribution is 2.30. The van der Waals surface area contributed by atoms with Crippen molar-refractivity contribution in [2.24, 2.45) is 0 Å². The molecule has 2 N–H and O–H groups in total. The summed E-state index contributed by atoms with van der Waals surface area (Å²) in [5, 5.41) is 23.1. The van der Waals surface area contributed by atoms with Gasteiger partial charge in [0.25, 0.3) is 5.69 Å². The van der Waals surface area contributed by atoms with Gasteiger partial charge in [0.05, 0.1) is 16.1 Å². The molecule has 2 rings (SSSR count). The smallest absolute Gasteiger partial charge is 0.336 e. The zero-order valence-electron chi connectivity index (χ0n) is 11.6. The summed E-state index contributed by atoms with van der Waals surface area (Å²) in [4.78, 5) is 21.5. The van der Waals surface area contributed by atoms with Crippen LogP contribution in [-0.4, -0.2) is 16.0 Å². The summed E-state index contributed by atoms with van der Waals surface area (Å²) in [6, 6.07) is 9.91. The first-order valence-corrected chi connectivity index (χ1v) is 6.24. The van der Waals surface area contributed by atoms with Crippen LogP contribution in [0.25, 0.3) is 0 Å². The van der Waals surface area contributed by atoms with Crippen molar-refractivity contribution in [3.63, 3.8) is 0 Å². The van der Waals surface area contributed by atoms with E-state index in [-0.39, 0.29) is 11.3 Å². The Bertz CT molecular complexity index is 708. The maximum absolute atomic E-state index is 11.1. The van der Waals surface area contributed by atoms with Crippen molar-refractivity contribution in [3.05, 3.63) is 63.2 Å². The summed E-state index contributed by atoms with van der Waals surface area (Å²) in [7, 11) is 0. The molecule has 0 saturated carbocycles. The number of nitrogens with one attached hydrogen (secondary N) is 1. The Hall–Kier alpha value is -2.89. The highest BCUT2D eigenvalue weighted by molar-refractivity contribution is 5.91. The third kappa shape index (κ3) is 3.17. The van der Waals surface area contributed by atoms with E-state index in [9.17, 15) is 14.9 Å². The molecule has 6 nitrogen and oxygen atoms in total. The molecule has 0 saturated heterocycles. The van der Waals surface area contributed by atoms with Crippen LogP contribution in [0.4, 0.5) is 17.1 Å². The fourth-order valence-electron chi connectivity index (χ4n) is 1.93. The number of hydrogen-bond acceptors (Lipinski definition) is 4. The van der Waals surface area contributed by atoms with Crippen LogP contribution in [0.2, 0.25) is 0 Å². The van der Waals surface area contributed by atoms with Crippen molar-refractivity contribution in [2.75, 3.05) is 5.32 Å². The van der Waals surface area contributed by atoms with Gasteiger partial charge in [0.2, 0.25) is 0 Å². The third-order valence-corrected chi connectivity index (χ3v) is 3.15. The number of benzene rings is 2. The molecule has 0 aliphatic rings. The second kappa shape index (κ2) is 5.62. The minimum atomic E-state index is -1.20. The summed E-state index contributed by atoms with van der Waals surface area (Å²) in [5.74, 6) is -1.20. The summed E-state index contributed by atoms with van der Waals surface area (Å²) in [6.07, 6.45) is 0. The molecule has 0 aliphatic heterocycles. The first-order chi connectivity index (χ1) is 9.88. The molecule has 0 aromatic heterocycles. The molecule has 0 atom stereocenters. The van der Waals surface area contributed by atoms with E-state index in [0.29, 0.717) is 11.3 Å². The van der Waals surface area contributed by atoms with Gasteiger partial charge >= 0.3 is 5.97 Å². The second-order valence-corrected chi connectivity index (χ2v) is 4.72. The number of rotatable bonds is 4. The number of nitro groups is 1. The van der Waals surface area contributed by atoms with Crippen molar-refractivity contribution >= 4 is 23.0 Å². The van der Waals surface area contributed by atoms with E-state index in [1.165, 1.54) is 6.07 Å². The molecule has 0 unspecified atom stereocenters. The van der Waals surface area contributed by atoms with Crippen LogP contribution in [0.1, 0.15) is 21.5 Å². The number of aryl methyl sites for hydroxylation is 1. The Balaban J connectivity index is 2.48. The van der Waals surface area contributed by atoms with Crippen LogP contribution in [0, 0.1) is 24.0 Å². The van der Waals surface area contributed by atoms with Gasteiger partial charge in [-0.2, -0.15) is 0 Å². The van der Waals surface area contributed by atoms with E-state index in [1.807, 2.05) is 31.2 Å². The zero-order chi connectivity index (χ0) is 15.6. The lowest BCUT2D eigenvalue weighted by atomic mass is 10.1. The lowest BCUT2D eigenvalue weighted by Gasteiger charge is -2.11. The van der Waals surface area contributed by atoms with Crippen molar-refractivity contribution in [2.45, 2.75) is 13.8 Å². The Morgan fingerprint density at radius 2 is 1.81 bits per heavy atom. The quantitative estimate of drug-likeness (QED) is 0.661. The zero-order valence-corrected chi connectivity index (χ0v) is 11.6. The van der Waals surface area contributed by atoms with Gasteiger partial charge in [-0.1, -0.05) is 17.7 Å². The molecule has 2 aromatic carbocycles. The minimum absolute atomic E-state index is 0.123. The molecule has 0 amide bonds. The van der Waals surface area contributed by atoms with Gasteiger partial charge in [-0.05, 0) is 32.0 Å². The molecular formula is C15H14N2O4. The average molecular weight is 286 g/mol. The van der Waals surface area contributed by atoms with Gasteiger partial charge in [0.1, 0.15) is 0 Å². The number of anilines is 2. The summed E-state index contributed by atoms with van der Waals surface area (Å²) in [5.41, 5.74) is 2.28. The predicted molar refractivity (Wildman–Crippen MR) is 79.3 cm³/mol. The highest BCUT2D eigenvalue weighted by Gasteiger charge is 2.19. The van der Waals surface area contributed by atoms with Crippen LogP contribution in [-0.2, 0) is 0 Å². The van der Waals surface area contributed by atoms with Crippen LogP contribution in [0.3, 0.4) is 0 Å². The SMILES string of the molecule is Cc1ccc(Nc2cc(C(=O)O)cc([N+](=O)[O-])c2C)cc1. The number of hydrogen-bond donors (Lipinski definition) is 2. The molecule has 0 fully saturated rings. The lowest BCUT2D eigenvalue weighted by molar-refractivity contribution is -0.385. The monoisotopic (exact) mass is 286 g/mol. The molecule has 0 radical (unpaired) electrons. The summed E-state index contributed by atoms with van der Waals surface area (Å²) >= 11 is 0. The number of carbonyl (C=O) groups is 1. The third-order valence-electron chi connectivity index (χ3n) is 3.15. The number of carboxylic acid groups (broad SMARTS) is 1.